The molecule has 4 heteroatoms. The summed E-state index contributed by atoms with van der Waals surface area (Å²) in [6.07, 6.45) is 0. The van der Waals surface area contributed by atoms with Crippen molar-refractivity contribution < 1.29 is 0 Å². The standard InChI is InChI=1S/C18H18N4/c1-12(2)22-20-17-15-11-7-6-10-14(15)16(19-18(17)21-22)13-8-4-3-5-9-13/h3-12,16H,1-2H3,(H,19,21). The van der Waals surface area contributed by atoms with Gasteiger partial charge in [0.05, 0.1) is 12.1 Å². The van der Waals surface area contributed by atoms with Crippen LogP contribution in [-0.2, 0) is 0 Å². The molecule has 0 radical (unpaired) electrons. The number of rotatable bonds is 2. The van der Waals surface area contributed by atoms with E-state index >= 15 is 0 Å². The van der Waals surface area contributed by atoms with E-state index in [2.05, 4.69) is 77.9 Å². The zero-order chi connectivity index (χ0) is 15.1. The van der Waals surface area contributed by atoms with Gasteiger partial charge >= 0.3 is 0 Å². The second kappa shape index (κ2) is 4.98. The van der Waals surface area contributed by atoms with Gasteiger partial charge in [-0.1, -0.05) is 54.6 Å². The van der Waals surface area contributed by atoms with Crippen molar-refractivity contribution in [1.29, 1.82) is 0 Å². The molecular formula is C18H18N4. The third kappa shape index (κ3) is 1.99. The van der Waals surface area contributed by atoms with Crippen molar-refractivity contribution >= 4 is 5.82 Å². The Morgan fingerprint density at radius 1 is 0.955 bits per heavy atom. The highest BCUT2D eigenvalue weighted by Gasteiger charge is 2.28. The maximum absolute atomic E-state index is 4.66. The fourth-order valence-electron chi connectivity index (χ4n) is 2.92. The number of nitrogens with zero attached hydrogens (tertiary/aromatic N) is 3. The predicted molar refractivity (Wildman–Crippen MR) is 87.8 cm³/mol. The molecule has 1 aliphatic rings. The summed E-state index contributed by atoms with van der Waals surface area (Å²) in [5.74, 6) is 0.862. The SMILES string of the molecule is CC(C)n1nc2c(n1)-c1ccccc1C(c1ccccc1)N2. The third-order valence-corrected chi connectivity index (χ3v) is 4.03. The summed E-state index contributed by atoms with van der Waals surface area (Å²) >= 11 is 0. The Labute approximate surface area is 129 Å². The number of fused-ring (bicyclic) bond motifs is 3. The van der Waals surface area contributed by atoms with E-state index in [1.807, 2.05) is 6.07 Å². The molecule has 0 bridgehead atoms. The quantitative estimate of drug-likeness (QED) is 0.774. The van der Waals surface area contributed by atoms with Crippen LogP contribution in [0.4, 0.5) is 5.82 Å². The van der Waals surface area contributed by atoms with Crippen LogP contribution in [0.25, 0.3) is 11.3 Å². The molecule has 1 atom stereocenters. The van der Waals surface area contributed by atoms with Crippen LogP contribution in [0.15, 0.2) is 54.6 Å². The smallest absolute Gasteiger partial charge is 0.177 e. The van der Waals surface area contributed by atoms with Gasteiger partial charge in [-0.3, -0.25) is 0 Å². The minimum Gasteiger partial charge on any atom is -0.356 e. The van der Waals surface area contributed by atoms with Gasteiger partial charge in [0, 0.05) is 5.56 Å². The van der Waals surface area contributed by atoms with Crippen LogP contribution in [0.5, 0.6) is 0 Å². The van der Waals surface area contributed by atoms with Crippen molar-refractivity contribution in [3.05, 3.63) is 65.7 Å². The predicted octanol–water partition coefficient (Wildman–Crippen LogP) is 4.04. The Hall–Kier alpha value is -2.62. The molecule has 0 saturated heterocycles. The lowest BCUT2D eigenvalue weighted by Gasteiger charge is -2.26. The van der Waals surface area contributed by atoms with Crippen molar-refractivity contribution in [1.82, 2.24) is 15.0 Å². The van der Waals surface area contributed by atoms with Crippen LogP contribution in [0.3, 0.4) is 0 Å². The van der Waals surface area contributed by atoms with E-state index in [9.17, 15) is 0 Å². The number of hydrogen-bond acceptors (Lipinski definition) is 3. The molecule has 1 unspecified atom stereocenters. The first kappa shape index (κ1) is 13.1. The Kier molecular flexibility index (Phi) is 2.96. The van der Waals surface area contributed by atoms with Gasteiger partial charge in [-0.05, 0) is 25.0 Å². The monoisotopic (exact) mass is 290 g/mol. The first-order valence-corrected chi connectivity index (χ1v) is 7.61. The number of hydrogen-bond donors (Lipinski definition) is 1. The van der Waals surface area contributed by atoms with E-state index in [1.54, 1.807) is 4.80 Å². The Morgan fingerprint density at radius 3 is 2.45 bits per heavy atom. The summed E-state index contributed by atoms with van der Waals surface area (Å²) in [6, 6.07) is 19.3. The van der Waals surface area contributed by atoms with Gasteiger partial charge in [0.2, 0.25) is 0 Å². The third-order valence-electron chi connectivity index (χ3n) is 4.03. The van der Waals surface area contributed by atoms with E-state index in [4.69, 9.17) is 0 Å². The van der Waals surface area contributed by atoms with Crippen molar-refractivity contribution in [3.8, 4) is 11.3 Å². The van der Waals surface area contributed by atoms with Gasteiger partial charge in [-0.15, -0.1) is 5.10 Å². The summed E-state index contributed by atoms with van der Waals surface area (Å²) in [6.45, 7) is 4.18. The van der Waals surface area contributed by atoms with Crippen molar-refractivity contribution in [3.63, 3.8) is 0 Å². The van der Waals surface area contributed by atoms with Crippen LogP contribution in [0, 0.1) is 0 Å². The zero-order valence-electron chi connectivity index (χ0n) is 12.7. The van der Waals surface area contributed by atoms with Gasteiger partial charge in [-0.2, -0.15) is 9.90 Å². The molecule has 0 saturated carbocycles. The summed E-state index contributed by atoms with van der Waals surface area (Å²) in [4.78, 5) is 1.78. The molecule has 2 aromatic carbocycles. The summed E-state index contributed by atoms with van der Waals surface area (Å²) in [7, 11) is 0. The maximum Gasteiger partial charge on any atom is 0.177 e. The highest BCUT2D eigenvalue weighted by Crippen LogP contribution is 2.41. The van der Waals surface area contributed by atoms with Gasteiger partial charge in [0.1, 0.15) is 5.69 Å². The van der Waals surface area contributed by atoms with Crippen LogP contribution in [0.2, 0.25) is 0 Å². The number of anilines is 1. The van der Waals surface area contributed by atoms with Crippen molar-refractivity contribution in [2.45, 2.75) is 25.9 Å². The van der Waals surface area contributed by atoms with Crippen molar-refractivity contribution in [2.75, 3.05) is 5.32 Å². The van der Waals surface area contributed by atoms with E-state index in [1.165, 1.54) is 11.1 Å². The van der Waals surface area contributed by atoms with Crippen LogP contribution >= 0.6 is 0 Å². The van der Waals surface area contributed by atoms with Crippen LogP contribution < -0.4 is 5.32 Å². The van der Waals surface area contributed by atoms with E-state index < -0.39 is 0 Å². The number of nitrogens with one attached hydrogen (secondary N) is 1. The zero-order valence-corrected chi connectivity index (χ0v) is 12.7. The largest absolute Gasteiger partial charge is 0.356 e. The van der Waals surface area contributed by atoms with Crippen LogP contribution in [0.1, 0.15) is 37.1 Å². The Morgan fingerprint density at radius 2 is 1.68 bits per heavy atom. The molecule has 0 aliphatic carbocycles. The average molecular weight is 290 g/mol. The van der Waals surface area contributed by atoms with E-state index in [0.717, 1.165) is 17.1 Å². The minimum absolute atomic E-state index is 0.113. The molecule has 1 aromatic heterocycles. The second-order valence-corrected chi connectivity index (χ2v) is 5.89. The highest BCUT2D eigenvalue weighted by atomic mass is 15.5. The molecule has 0 spiro atoms. The fraction of sp³-hybridized carbons (Fsp3) is 0.222. The van der Waals surface area contributed by atoms with Crippen LogP contribution in [-0.4, -0.2) is 15.0 Å². The second-order valence-electron chi connectivity index (χ2n) is 5.89. The molecule has 0 fully saturated rings. The van der Waals surface area contributed by atoms with Gasteiger partial charge in [0.25, 0.3) is 0 Å². The topological polar surface area (TPSA) is 42.7 Å². The maximum atomic E-state index is 4.66. The Bertz CT molecular complexity index is 805. The fourth-order valence-corrected chi connectivity index (χ4v) is 2.92. The molecule has 0 amide bonds. The lowest BCUT2D eigenvalue weighted by atomic mass is 9.90. The molecule has 2 heterocycles. The first-order valence-electron chi connectivity index (χ1n) is 7.61. The van der Waals surface area contributed by atoms with E-state index in [0.29, 0.717) is 0 Å². The minimum atomic E-state index is 0.113. The number of aromatic nitrogens is 3. The molecule has 22 heavy (non-hydrogen) atoms. The molecule has 110 valence electrons. The van der Waals surface area contributed by atoms with Gasteiger partial charge in [0.15, 0.2) is 5.82 Å². The van der Waals surface area contributed by atoms with E-state index in [-0.39, 0.29) is 12.1 Å². The summed E-state index contributed by atoms with van der Waals surface area (Å²) in [5, 5.41) is 12.8. The van der Waals surface area contributed by atoms with Crippen molar-refractivity contribution in [2.24, 2.45) is 0 Å². The number of benzene rings is 2. The average Bonchev–Trinajstić information content (AvgIpc) is 2.99. The molecule has 4 rings (SSSR count). The molecule has 1 aliphatic heterocycles. The summed E-state index contributed by atoms with van der Waals surface area (Å²) in [5.41, 5.74) is 4.59. The molecule has 1 N–H and O–H groups in total. The summed E-state index contributed by atoms with van der Waals surface area (Å²) < 4.78 is 0. The molecule has 3 aromatic rings. The van der Waals surface area contributed by atoms with Gasteiger partial charge < -0.3 is 5.32 Å². The molecule has 4 nitrogen and oxygen atoms in total. The normalized spacial score (nSPS) is 16.0. The highest BCUT2D eigenvalue weighted by molar-refractivity contribution is 5.79. The molecular weight excluding hydrogens is 272 g/mol. The Balaban J connectivity index is 1.89. The lowest BCUT2D eigenvalue weighted by molar-refractivity contribution is 0.468. The van der Waals surface area contributed by atoms with Gasteiger partial charge in [-0.25, -0.2) is 0 Å². The lowest BCUT2D eigenvalue weighted by Crippen LogP contribution is -2.18. The first-order chi connectivity index (χ1) is 10.7.